The Morgan fingerprint density at radius 1 is 1.15 bits per heavy atom. The van der Waals surface area contributed by atoms with Gasteiger partial charge in [-0.3, -0.25) is 4.68 Å². The largest absolute Gasteiger partial charge is 0.381 e. The minimum atomic E-state index is -0.588. The third kappa shape index (κ3) is 3.35. The number of benzene rings is 1. The number of halogens is 2. The molecule has 5 heteroatoms. The summed E-state index contributed by atoms with van der Waals surface area (Å²) >= 11 is 0. The predicted octanol–water partition coefficient (Wildman–Crippen LogP) is 3.61. The second-order valence-electron chi connectivity index (χ2n) is 5.94. The number of hydrogen-bond acceptors (Lipinski definition) is 2. The van der Waals surface area contributed by atoms with Crippen LogP contribution in [0.25, 0.3) is 0 Å². The molecule has 0 spiro atoms. The summed E-state index contributed by atoms with van der Waals surface area (Å²) in [5.41, 5.74) is 2.34. The van der Waals surface area contributed by atoms with E-state index in [1.165, 1.54) is 12.1 Å². The zero-order chi connectivity index (χ0) is 14.9. The number of anilines is 1. The lowest BCUT2D eigenvalue weighted by atomic mass is 9.89. The quantitative estimate of drug-likeness (QED) is 0.930. The number of rotatable bonds is 3. The molecule has 0 atom stereocenters. The highest BCUT2D eigenvalue weighted by Crippen LogP contribution is 2.25. The van der Waals surface area contributed by atoms with Gasteiger partial charge in [0, 0.05) is 42.5 Å². The van der Waals surface area contributed by atoms with Crippen molar-refractivity contribution < 1.29 is 8.78 Å². The molecule has 20 heavy (non-hydrogen) atoms. The fourth-order valence-electron chi connectivity index (χ4n) is 2.15. The molecule has 0 aliphatic carbocycles. The third-order valence-electron chi connectivity index (χ3n) is 2.96. The van der Waals surface area contributed by atoms with Gasteiger partial charge in [0.05, 0.1) is 5.69 Å². The third-order valence-corrected chi connectivity index (χ3v) is 2.96. The lowest BCUT2D eigenvalue weighted by Crippen LogP contribution is -2.16. The molecule has 0 radical (unpaired) electrons. The average Bonchev–Trinajstić information content (AvgIpc) is 2.66. The highest BCUT2D eigenvalue weighted by Gasteiger charge is 2.21. The van der Waals surface area contributed by atoms with Crippen LogP contribution in [0.1, 0.15) is 32.0 Å². The van der Waals surface area contributed by atoms with Gasteiger partial charge >= 0.3 is 0 Å². The summed E-state index contributed by atoms with van der Waals surface area (Å²) in [4.78, 5) is 0. The standard InChI is InChI=1S/C15H19F2N3/c1-15(2,3)14-10(9-20(4)19-14)8-18-13-6-11(16)5-12(17)7-13/h5-7,9,18H,8H2,1-4H3. The van der Waals surface area contributed by atoms with E-state index in [0.29, 0.717) is 12.2 Å². The molecule has 3 nitrogen and oxygen atoms in total. The molecule has 0 saturated carbocycles. The molecule has 0 fully saturated rings. The van der Waals surface area contributed by atoms with Crippen molar-refractivity contribution in [2.75, 3.05) is 5.32 Å². The maximum atomic E-state index is 13.1. The lowest BCUT2D eigenvalue weighted by molar-refractivity contribution is 0.549. The van der Waals surface area contributed by atoms with Crippen LogP contribution in [0.5, 0.6) is 0 Å². The van der Waals surface area contributed by atoms with E-state index in [9.17, 15) is 8.78 Å². The summed E-state index contributed by atoms with van der Waals surface area (Å²) in [5.74, 6) is -1.18. The topological polar surface area (TPSA) is 29.9 Å². The van der Waals surface area contributed by atoms with Gasteiger partial charge in [0.25, 0.3) is 0 Å². The minimum Gasteiger partial charge on any atom is -0.381 e. The number of nitrogens with zero attached hydrogens (tertiary/aromatic N) is 2. The number of hydrogen-bond donors (Lipinski definition) is 1. The van der Waals surface area contributed by atoms with Crippen LogP contribution in [0.3, 0.4) is 0 Å². The fraction of sp³-hybridized carbons (Fsp3) is 0.400. The Labute approximate surface area is 117 Å². The summed E-state index contributed by atoms with van der Waals surface area (Å²) < 4.78 is 28.0. The van der Waals surface area contributed by atoms with Gasteiger partial charge in [-0.05, 0) is 12.1 Å². The maximum absolute atomic E-state index is 13.1. The summed E-state index contributed by atoms with van der Waals surface area (Å²) in [6.07, 6.45) is 1.92. The Kier molecular flexibility index (Phi) is 3.79. The van der Waals surface area contributed by atoms with Gasteiger partial charge in [-0.1, -0.05) is 20.8 Å². The highest BCUT2D eigenvalue weighted by molar-refractivity contribution is 5.44. The van der Waals surface area contributed by atoms with E-state index in [1.54, 1.807) is 4.68 Å². The van der Waals surface area contributed by atoms with E-state index < -0.39 is 11.6 Å². The number of aromatic nitrogens is 2. The molecule has 0 aliphatic rings. The van der Waals surface area contributed by atoms with Crippen LogP contribution in [-0.4, -0.2) is 9.78 Å². The Balaban J connectivity index is 2.19. The molecule has 0 unspecified atom stereocenters. The summed E-state index contributed by atoms with van der Waals surface area (Å²) in [5, 5.41) is 7.49. The molecule has 0 saturated heterocycles. The van der Waals surface area contributed by atoms with E-state index in [0.717, 1.165) is 17.3 Å². The van der Waals surface area contributed by atoms with Crippen molar-refractivity contribution in [3.63, 3.8) is 0 Å². The van der Waals surface area contributed by atoms with Crippen LogP contribution < -0.4 is 5.32 Å². The molecular weight excluding hydrogens is 260 g/mol. The van der Waals surface area contributed by atoms with Crippen molar-refractivity contribution in [3.05, 3.63) is 47.3 Å². The first-order chi connectivity index (χ1) is 9.25. The smallest absolute Gasteiger partial charge is 0.128 e. The van der Waals surface area contributed by atoms with E-state index in [4.69, 9.17) is 0 Å². The maximum Gasteiger partial charge on any atom is 0.128 e. The Morgan fingerprint density at radius 3 is 2.30 bits per heavy atom. The van der Waals surface area contributed by atoms with Gasteiger partial charge in [-0.25, -0.2) is 8.78 Å². The lowest BCUT2D eigenvalue weighted by Gasteiger charge is -2.18. The Morgan fingerprint density at radius 2 is 1.75 bits per heavy atom. The van der Waals surface area contributed by atoms with Gasteiger partial charge in [0.1, 0.15) is 11.6 Å². The first-order valence-electron chi connectivity index (χ1n) is 6.48. The van der Waals surface area contributed by atoms with E-state index >= 15 is 0 Å². The molecule has 0 aliphatic heterocycles. The van der Waals surface area contributed by atoms with Crippen LogP contribution in [0.15, 0.2) is 24.4 Å². The van der Waals surface area contributed by atoms with Gasteiger partial charge in [0.15, 0.2) is 0 Å². The van der Waals surface area contributed by atoms with Crippen LogP contribution >= 0.6 is 0 Å². The normalized spacial score (nSPS) is 11.7. The number of aryl methyl sites for hydroxylation is 1. The molecule has 0 amide bonds. The van der Waals surface area contributed by atoms with Crippen molar-refractivity contribution in [1.82, 2.24) is 9.78 Å². The SMILES string of the molecule is Cn1cc(CNc2cc(F)cc(F)c2)c(C(C)(C)C)n1. The van der Waals surface area contributed by atoms with Crippen LogP contribution in [0, 0.1) is 11.6 Å². The van der Waals surface area contributed by atoms with E-state index in [-0.39, 0.29) is 5.41 Å². The average molecular weight is 279 g/mol. The van der Waals surface area contributed by atoms with Crippen molar-refractivity contribution >= 4 is 5.69 Å². The van der Waals surface area contributed by atoms with Crippen LogP contribution in [0.2, 0.25) is 0 Å². The second kappa shape index (κ2) is 5.23. The molecule has 0 bridgehead atoms. The van der Waals surface area contributed by atoms with Crippen molar-refractivity contribution in [1.29, 1.82) is 0 Å². The molecule has 1 aromatic heterocycles. The zero-order valence-corrected chi connectivity index (χ0v) is 12.2. The van der Waals surface area contributed by atoms with Gasteiger partial charge < -0.3 is 5.32 Å². The first kappa shape index (κ1) is 14.5. The summed E-state index contributed by atoms with van der Waals surface area (Å²) in [7, 11) is 1.86. The summed E-state index contributed by atoms with van der Waals surface area (Å²) in [6.45, 7) is 6.73. The predicted molar refractivity (Wildman–Crippen MR) is 75.6 cm³/mol. The van der Waals surface area contributed by atoms with Crippen LogP contribution in [-0.2, 0) is 19.0 Å². The molecule has 1 heterocycles. The molecule has 108 valence electrons. The first-order valence-corrected chi connectivity index (χ1v) is 6.48. The van der Waals surface area contributed by atoms with Crippen molar-refractivity contribution in [3.8, 4) is 0 Å². The van der Waals surface area contributed by atoms with Crippen molar-refractivity contribution in [2.45, 2.75) is 32.7 Å². The fourth-order valence-corrected chi connectivity index (χ4v) is 2.15. The minimum absolute atomic E-state index is 0.0779. The monoisotopic (exact) mass is 279 g/mol. The Hall–Kier alpha value is -1.91. The summed E-state index contributed by atoms with van der Waals surface area (Å²) in [6, 6.07) is 3.41. The van der Waals surface area contributed by atoms with Gasteiger partial charge in [-0.2, -0.15) is 5.10 Å². The molecule has 1 N–H and O–H groups in total. The molecule has 2 rings (SSSR count). The highest BCUT2D eigenvalue weighted by atomic mass is 19.1. The Bertz CT molecular complexity index is 592. The van der Waals surface area contributed by atoms with Gasteiger partial charge in [0.2, 0.25) is 0 Å². The van der Waals surface area contributed by atoms with E-state index in [1.807, 2.05) is 13.2 Å². The van der Waals surface area contributed by atoms with Gasteiger partial charge in [-0.15, -0.1) is 0 Å². The zero-order valence-electron chi connectivity index (χ0n) is 12.2. The van der Waals surface area contributed by atoms with Crippen molar-refractivity contribution in [2.24, 2.45) is 7.05 Å². The second-order valence-corrected chi connectivity index (χ2v) is 5.94. The number of nitrogens with one attached hydrogen (secondary N) is 1. The molecule has 2 aromatic rings. The van der Waals surface area contributed by atoms with Crippen LogP contribution in [0.4, 0.5) is 14.5 Å². The molecule has 1 aromatic carbocycles. The molecular formula is C15H19F2N3. The van der Waals surface area contributed by atoms with E-state index in [2.05, 4.69) is 31.2 Å².